The fraction of sp³-hybridized carbons (Fsp3) is 0.261. The lowest BCUT2D eigenvalue weighted by molar-refractivity contribution is 0.0383. The van der Waals surface area contributed by atoms with Gasteiger partial charge in [0.15, 0.2) is 10.8 Å². The Hall–Kier alpha value is -3.65. The topological polar surface area (TPSA) is 137 Å². The highest BCUT2D eigenvalue weighted by Gasteiger charge is 2.18. The van der Waals surface area contributed by atoms with Crippen LogP contribution in [0.2, 0.25) is 5.02 Å². The number of thiazole rings is 1. The number of carbonyl (C=O) groups excluding carboxylic acids is 2. The zero-order valence-corrected chi connectivity index (χ0v) is 21.0. The van der Waals surface area contributed by atoms with E-state index >= 15 is 0 Å². The SMILES string of the molecule is O=C(Nc1ccc(F)c(Cl)c1)Nc1ncc(-c2cc(C(=O)NCCN3CCOCC3)c3cn[nH]c3n2)s1. The maximum atomic E-state index is 13.3. The van der Waals surface area contributed by atoms with Crippen molar-refractivity contribution in [1.29, 1.82) is 0 Å². The highest BCUT2D eigenvalue weighted by atomic mass is 35.5. The van der Waals surface area contributed by atoms with Crippen LogP contribution in [-0.4, -0.2) is 76.4 Å². The number of benzene rings is 1. The molecule has 14 heteroatoms. The van der Waals surface area contributed by atoms with Crippen molar-refractivity contribution < 1.29 is 18.7 Å². The largest absolute Gasteiger partial charge is 0.379 e. The number of halogens is 2. The van der Waals surface area contributed by atoms with E-state index in [2.05, 4.69) is 41.0 Å². The predicted octanol–water partition coefficient (Wildman–Crippen LogP) is 3.58. The summed E-state index contributed by atoms with van der Waals surface area (Å²) in [5, 5.41) is 15.8. The molecule has 3 amide bonds. The van der Waals surface area contributed by atoms with E-state index in [1.807, 2.05) is 0 Å². The molecular weight excluding hydrogens is 523 g/mol. The Labute approximate surface area is 219 Å². The summed E-state index contributed by atoms with van der Waals surface area (Å²) < 4.78 is 18.7. The average molecular weight is 545 g/mol. The van der Waals surface area contributed by atoms with Crippen LogP contribution in [0.5, 0.6) is 0 Å². The first-order chi connectivity index (χ1) is 18.0. The molecule has 0 unspecified atom stereocenters. The Morgan fingerprint density at radius 3 is 2.84 bits per heavy atom. The van der Waals surface area contributed by atoms with Gasteiger partial charge in [0, 0.05) is 38.1 Å². The number of carbonyl (C=O) groups is 2. The number of urea groups is 1. The van der Waals surface area contributed by atoms with Crippen molar-refractivity contribution in [3.63, 3.8) is 0 Å². The van der Waals surface area contributed by atoms with Crippen molar-refractivity contribution in [3.8, 4) is 10.6 Å². The van der Waals surface area contributed by atoms with E-state index in [1.165, 1.54) is 23.5 Å². The third-order valence-corrected chi connectivity index (χ3v) is 6.87. The summed E-state index contributed by atoms with van der Waals surface area (Å²) in [5.74, 6) is -0.812. The van der Waals surface area contributed by atoms with Crippen molar-refractivity contribution in [1.82, 2.24) is 30.4 Å². The van der Waals surface area contributed by atoms with Crippen LogP contribution in [0.3, 0.4) is 0 Å². The first kappa shape index (κ1) is 25.0. The van der Waals surface area contributed by atoms with E-state index in [1.54, 1.807) is 18.5 Å². The van der Waals surface area contributed by atoms with Gasteiger partial charge in [0.25, 0.3) is 5.91 Å². The molecule has 1 fully saturated rings. The highest BCUT2D eigenvalue weighted by molar-refractivity contribution is 7.19. The van der Waals surface area contributed by atoms with Crippen molar-refractivity contribution in [2.75, 3.05) is 50.0 Å². The number of pyridine rings is 1. The second kappa shape index (κ2) is 11.2. The van der Waals surface area contributed by atoms with E-state index in [0.717, 1.165) is 25.7 Å². The Kier molecular flexibility index (Phi) is 7.55. The summed E-state index contributed by atoms with van der Waals surface area (Å²) in [7, 11) is 0. The van der Waals surface area contributed by atoms with E-state index in [4.69, 9.17) is 16.3 Å². The van der Waals surface area contributed by atoms with Gasteiger partial charge in [-0.25, -0.2) is 19.2 Å². The Balaban J connectivity index is 1.27. The standard InChI is InChI=1S/C23H22ClFN8O3S/c24-16-9-13(1-2-17(16)25)29-22(35)31-23-27-12-19(37-23)18-10-14(15-11-28-32-20(15)30-18)21(34)26-3-4-33-5-7-36-8-6-33/h1-2,9-12H,3-8H2,(H,26,34)(H,28,30,32)(H2,27,29,31,35). The molecule has 37 heavy (non-hydrogen) atoms. The van der Waals surface area contributed by atoms with Crippen molar-refractivity contribution in [2.24, 2.45) is 0 Å². The molecule has 1 aliphatic heterocycles. The molecule has 4 N–H and O–H groups in total. The number of ether oxygens (including phenoxy) is 1. The van der Waals surface area contributed by atoms with Gasteiger partial charge in [0.2, 0.25) is 0 Å². The Bertz CT molecular complexity index is 1440. The smallest absolute Gasteiger partial charge is 0.325 e. The van der Waals surface area contributed by atoms with E-state index < -0.39 is 11.8 Å². The van der Waals surface area contributed by atoms with Crippen LogP contribution in [-0.2, 0) is 4.74 Å². The number of rotatable bonds is 7. The predicted molar refractivity (Wildman–Crippen MR) is 139 cm³/mol. The van der Waals surface area contributed by atoms with Crippen LogP contribution in [0.25, 0.3) is 21.6 Å². The third-order valence-electron chi connectivity index (χ3n) is 5.64. The quantitative estimate of drug-likeness (QED) is 0.279. The second-order valence-electron chi connectivity index (χ2n) is 8.13. The molecule has 0 bridgehead atoms. The Morgan fingerprint density at radius 1 is 1.19 bits per heavy atom. The molecule has 5 rings (SSSR count). The maximum Gasteiger partial charge on any atom is 0.325 e. The summed E-state index contributed by atoms with van der Waals surface area (Å²) in [6.45, 7) is 4.32. The van der Waals surface area contributed by atoms with Crippen LogP contribution < -0.4 is 16.0 Å². The first-order valence-electron chi connectivity index (χ1n) is 11.4. The molecule has 0 radical (unpaired) electrons. The molecule has 192 valence electrons. The number of aromatic amines is 1. The molecule has 0 atom stereocenters. The second-order valence-corrected chi connectivity index (χ2v) is 9.57. The number of aromatic nitrogens is 4. The van der Waals surface area contributed by atoms with Gasteiger partial charge < -0.3 is 15.4 Å². The van der Waals surface area contributed by atoms with Crippen LogP contribution in [0.4, 0.5) is 20.0 Å². The number of H-pyrrole nitrogens is 1. The van der Waals surface area contributed by atoms with Crippen LogP contribution in [0, 0.1) is 5.82 Å². The molecule has 0 saturated carbocycles. The number of nitrogens with zero attached hydrogens (tertiary/aromatic N) is 4. The van der Waals surface area contributed by atoms with Crippen LogP contribution in [0.15, 0.2) is 36.7 Å². The minimum atomic E-state index is -0.580. The summed E-state index contributed by atoms with van der Waals surface area (Å²) in [5.41, 5.74) is 1.73. The van der Waals surface area contributed by atoms with E-state index in [-0.39, 0.29) is 10.9 Å². The molecule has 3 aromatic heterocycles. The van der Waals surface area contributed by atoms with Gasteiger partial charge in [-0.3, -0.25) is 20.1 Å². The summed E-state index contributed by atoms with van der Waals surface area (Å²) in [4.78, 5) is 37.0. The van der Waals surface area contributed by atoms with E-state index in [0.29, 0.717) is 57.7 Å². The van der Waals surface area contributed by atoms with Crippen molar-refractivity contribution >= 4 is 56.7 Å². The lowest BCUT2D eigenvalue weighted by Crippen LogP contribution is -2.41. The molecule has 0 aliphatic carbocycles. The lowest BCUT2D eigenvalue weighted by Gasteiger charge is -2.26. The number of nitrogens with one attached hydrogen (secondary N) is 4. The fourth-order valence-electron chi connectivity index (χ4n) is 3.77. The third kappa shape index (κ3) is 6.02. The summed E-state index contributed by atoms with van der Waals surface area (Å²) in [6.07, 6.45) is 3.12. The molecular formula is C23H22ClFN8O3S. The Morgan fingerprint density at radius 2 is 2.03 bits per heavy atom. The minimum absolute atomic E-state index is 0.101. The maximum absolute atomic E-state index is 13.3. The molecule has 4 aromatic rings. The number of anilines is 2. The highest BCUT2D eigenvalue weighted by Crippen LogP contribution is 2.30. The van der Waals surface area contributed by atoms with Crippen LogP contribution >= 0.6 is 22.9 Å². The van der Waals surface area contributed by atoms with Crippen LogP contribution in [0.1, 0.15) is 10.4 Å². The number of hydrogen-bond acceptors (Lipinski definition) is 8. The fourth-order valence-corrected chi connectivity index (χ4v) is 4.73. The molecule has 0 spiro atoms. The molecule has 11 nitrogen and oxygen atoms in total. The average Bonchev–Trinajstić information content (AvgIpc) is 3.56. The molecule has 1 aliphatic rings. The van der Waals surface area contributed by atoms with Crippen molar-refractivity contribution in [3.05, 3.63) is 53.1 Å². The lowest BCUT2D eigenvalue weighted by atomic mass is 10.1. The zero-order valence-electron chi connectivity index (χ0n) is 19.4. The van der Waals surface area contributed by atoms with Gasteiger partial charge >= 0.3 is 6.03 Å². The summed E-state index contributed by atoms with van der Waals surface area (Å²) >= 11 is 6.94. The zero-order chi connectivity index (χ0) is 25.8. The monoisotopic (exact) mass is 544 g/mol. The van der Waals surface area contributed by atoms with Gasteiger partial charge in [-0.05, 0) is 24.3 Å². The normalized spacial score (nSPS) is 14.0. The van der Waals surface area contributed by atoms with Gasteiger partial charge in [-0.15, -0.1) is 0 Å². The number of morpholine rings is 1. The minimum Gasteiger partial charge on any atom is -0.379 e. The number of fused-ring (bicyclic) bond motifs is 1. The summed E-state index contributed by atoms with van der Waals surface area (Å²) in [6, 6.07) is 4.97. The van der Waals surface area contributed by atoms with Gasteiger partial charge in [-0.2, -0.15) is 5.10 Å². The van der Waals surface area contributed by atoms with Gasteiger partial charge in [-0.1, -0.05) is 22.9 Å². The van der Waals surface area contributed by atoms with Gasteiger partial charge in [0.1, 0.15) is 5.82 Å². The molecule has 4 heterocycles. The number of amides is 3. The molecule has 1 aromatic carbocycles. The van der Waals surface area contributed by atoms with Gasteiger partial charge in [0.05, 0.1) is 46.0 Å². The van der Waals surface area contributed by atoms with E-state index in [9.17, 15) is 14.0 Å². The van der Waals surface area contributed by atoms with Crippen molar-refractivity contribution in [2.45, 2.75) is 0 Å². The molecule has 1 saturated heterocycles. The first-order valence-corrected chi connectivity index (χ1v) is 12.6. The number of hydrogen-bond donors (Lipinski definition) is 4.